The third kappa shape index (κ3) is 4.87. The molecule has 0 aromatic rings. The first-order valence-electron chi connectivity index (χ1n) is 4.37. The Labute approximate surface area is 79.4 Å². The van der Waals surface area contributed by atoms with Crippen LogP contribution in [0, 0.1) is 0 Å². The number of amides is 1. The summed E-state index contributed by atoms with van der Waals surface area (Å²) in [5.74, 6) is -0.737. The van der Waals surface area contributed by atoms with Crippen molar-refractivity contribution in [3.63, 3.8) is 0 Å². The molecular weight excluding hydrogens is 190 g/mol. The van der Waals surface area contributed by atoms with Gasteiger partial charge in [0.25, 0.3) is 0 Å². The van der Waals surface area contributed by atoms with Crippen molar-refractivity contribution in [2.24, 2.45) is 5.73 Å². The van der Waals surface area contributed by atoms with Gasteiger partial charge in [0.05, 0.1) is 0 Å². The summed E-state index contributed by atoms with van der Waals surface area (Å²) >= 11 is 0. The van der Waals surface area contributed by atoms with Crippen molar-refractivity contribution in [3.05, 3.63) is 0 Å². The van der Waals surface area contributed by atoms with E-state index in [0.29, 0.717) is 6.42 Å². The third-order valence-corrected chi connectivity index (χ3v) is 3.41. The van der Waals surface area contributed by atoms with Crippen LogP contribution in [-0.2, 0) is 14.6 Å². The van der Waals surface area contributed by atoms with Gasteiger partial charge in [0.1, 0.15) is 5.25 Å². The summed E-state index contributed by atoms with van der Waals surface area (Å²) in [6.45, 7) is 2.01. The lowest BCUT2D eigenvalue weighted by Gasteiger charge is -2.09. The molecule has 2 N–H and O–H groups in total. The van der Waals surface area contributed by atoms with Crippen LogP contribution >= 0.6 is 0 Å². The lowest BCUT2D eigenvalue weighted by atomic mass is 10.1. The highest BCUT2D eigenvalue weighted by molar-refractivity contribution is 7.92. The van der Waals surface area contributed by atoms with Crippen molar-refractivity contribution in [2.75, 3.05) is 6.26 Å². The first kappa shape index (κ1) is 12.4. The minimum Gasteiger partial charge on any atom is -0.369 e. The van der Waals surface area contributed by atoms with Crippen molar-refractivity contribution in [2.45, 2.75) is 37.9 Å². The van der Waals surface area contributed by atoms with E-state index >= 15 is 0 Å². The van der Waals surface area contributed by atoms with Gasteiger partial charge in [-0.05, 0) is 6.42 Å². The maximum absolute atomic E-state index is 11.1. The number of unbranched alkanes of at least 4 members (excludes halogenated alkanes) is 2. The fourth-order valence-corrected chi connectivity index (χ4v) is 2.16. The van der Waals surface area contributed by atoms with Crippen LogP contribution in [0.3, 0.4) is 0 Å². The second kappa shape index (κ2) is 5.21. The van der Waals surface area contributed by atoms with Crippen LogP contribution in [0.2, 0.25) is 0 Å². The van der Waals surface area contributed by atoms with Gasteiger partial charge in [-0.3, -0.25) is 4.79 Å². The number of sulfone groups is 1. The summed E-state index contributed by atoms with van der Waals surface area (Å²) in [4.78, 5) is 10.8. The Kier molecular flexibility index (Phi) is 4.98. The smallest absolute Gasteiger partial charge is 0.235 e. The van der Waals surface area contributed by atoms with E-state index in [9.17, 15) is 13.2 Å². The Morgan fingerprint density at radius 1 is 1.38 bits per heavy atom. The number of primary amides is 1. The molecule has 1 atom stereocenters. The summed E-state index contributed by atoms with van der Waals surface area (Å²) in [6.07, 6.45) is 4.06. The number of carbonyl (C=O) groups excluding carboxylic acids is 1. The van der Waals surface area contributed by atoms with Crippen LogP contribution in [0.1, 0.15) is 32.6 Å². The van der Waals surface area contributed by atoms with Crippen LogP contribution in [0.25, 0.3) is 0 Å². The fourth-order valence-electron chi connectivity index (χ4n) is 1.15. The molecular formula is C8H17NO3S. The van der Waals surface area contributed by atoms with Crippen LogP contribution in [0.5, 0.6) is 0 Å². The zero-order valence-electron chi connectivity index (χ0n) is 8.12. The first-order chi connectivity index (χ1) is 5.89. The molecule has 0 fully saturated rings. The van der Waals surface area contributed by atoms with Gasteiger partial charge in [0.15, 0.2) is 9.84 Å². The minimum absolute atomic E-state index is 0.349. The summed E-state index contributed by atoms with van der Waals surface area (Å²) in [5.41, 5.74) is 4.99. The fraction of sp³-hybridized carbons (Fsp3) is 0.875. The SMILES string of the molecule is CCCCCC(C(N)=O)S(C)(=O)=O. The maximum atomic E-state index is 11.1. The zero-order valence-corrected chi connectivity index (χ0v) is 8.93. The van der Waals surface area contributed by atoms with Gasteiger partial charge in [0, 0.05) is 6.26 Å². The summed E-state index contributed by atoms with van der Waals surface area (Å²) < 4.78 is 22.1. The summed E-state index contributed by atoms with van der Waals surface area (Å²) in [7, 11) is -3.32. The van der Waals surface area contributed by atoms with E-state index in [2.05, 4.69) is 0 Å². The molecule has 0 aliphatic heterocycles. The molecule has 0 bridgehead atoms. The molecule has 0 heterocycles. The highest BCUT2D eigenvalue weighted by Crippen LogP contribution is 2.09. The van der Waals surface area contributed by atoms with Gasteiger partial charge in [0.2, 0.25) is 5.91 Å². The zero-order chi connectivity index (χ0) is 10.5. The maximum Gasteiger partial charge on any atom is 0.235 e. The number of hydrogen-bond donors (Lipinski definition) is 1. The lowest BCUT2D eigenvalue weighted by molar-refractivity contribution is -0.117. The molecule has 0 aromatic carbocycles. The molecule has 0 spiro atoms. The molecule has 13 heavy (non-hydrogen) atoms. The first-order valence-corrected chi connectivity index (χ1v) is 6.33. The molecule has 0 aliphatic rings. The average Bonchev–Trinajstić information content (AvgIpc) is 1.94. The minimum atomic E-state index is -3.32. The second-order valence-corrected chi connectivity index (χ2v) is 5.44. The van der Waals surface area contributed by atoms with Crippen molar-refractivity contribution in [1.29, 1.82) is 0 Å². The largest absolute Gasteiger partial charge is 0.369 e. The van der Waals surface area contributed by atoms with Gasteiger partial charge in [-0.2, -0.15) is 0 Å². The second-order valence-electron chi connectivity index (χ2n) is 3.22. The van der Waals surface area contributed by atoms with E-state index in [0.717, 1.165) is 25.5 Å². The van der Waals surface area contributed by atoms with Crippen molar-refractivity contribution >= 4 is 15.7 Å². The van der Waals surface area contributed by atoms with Crippen LogP contribution < -0.4 is 5.73 Å². The third-order valence-electron chi connectivity index (χ3n) is 1.90. The van der Waals surface area contributed by atoms with Crippen molar-refractivity contribution in [1.82, 2.24) is 0 Å². The van der Waals surface area contributed by atoms with E-state index in [1.807, 2.05) is 6.92 Å². The van der Waals surface area contributed by atoms with Gasteiger partial charge in [-0.1, -0.05) is 26.2 Å². The van der Waals surface area contributed by atoms with Crippen LogP contribution in [0.15, 0.2) is 0 Å². The highest BCUT2D eigenvalue weighted by Gasteiger charge is 2.25. The molecule has 1 unspecified atom stereocenters. The van der Waals surface area contributed by atoms with E-state index < -0.39 is 21.0 Å². The molecule has 0 saturated carbocycles. The van der Waals surface area contributed by atoms with Gasteiger partial charge in [-0.25, -0.2) is 8.42 Å². The Hall–Kier alpha value is -0.580. The molecule has 4 nitrogen and oxygen atoms in total. The van der Waals surface area contributed by atoms with E-state index in [1.54, 1.807) is 0 Å². The number of hydrogen-bond acceptors (Lipinski definition) is 3. The Bertz CT molecular complexity index is 259. The standard InChI is InChI=1S/C8H17NO3S/c1-3-4-5-6-7(8(9)10)13(2,11)12/h7H,3-6H2,1-2H3,(H2,9,10). The lowest BCUT2D eigenvalue weighted by Crippen LogP contribution is -2.35. The van der Waals surface area contributed by atoms with E-state index in [4.69, 9.17) is 5.73 Å². The van der Waals surface area contributed by atoms with E-state index in [-0.39, 0.29) is 0 Å². The van der Waals surface area contributed by atoms with Crippen LogP contribution in [0.4, 0.5) is 0 Å². The number of rotatable bonds is 6. The quantitative estimate of drug-likeness (QED) is 0.643. The number of nitrogens with two attached hydrogens (primary N) is 1. The molecule has 5 heteroatoms. The van der Waals surface area contributed by atoms with Crippen LogP contribution in [-0.4, -0.2) is 25.8 Å². The molecule has 0 saturated heterocycles. The molecule has 1 amide bonds. The molecule has 78 valence electrons. The van der Waals surface area contributed by atoms with Crippen molar-refractivity contribution in [3.8, 4) is 0 Å². The summed E-state index contributed by atoms with van der Waals surface area (Å²) in [5, 5.41) is -1.00. The molecule has 0 rings (SSSR count). The van der Waals surface area contributed by atoms with Crippen molar-refractivity contribution < 1.29 is 13.2 Å². The molecule has 0 aliphatic carbocycles. The van der Waals surface area contributed by atoms with E-state index in [1.165, 1.54) is 0 Å². The van der Waals surface area contributed by atoms with Gasteiger partial charge < -0.3 is 5.73 Å². The topological polar surface area (TPSA) is 77.2 Å². The average molecular weight is 207 g/mol. The normalized spacial score (nSPS) is 14.0. The monoisotopic (exact) mass is 207 g/mol. The summed E-state index contributed by atoms with van der Waals surface area (Å²) in [6, 6.07) is 0. The predicted molar refractivity (Wildman–Crippen MR) is 52.0 cm³/mol. The Balaban J connectivity index is 4.22. The Morgan fingerprint density at radius 3 is 2.23 bits per heavy atom. The molecule has 0 aromatic heterocycles. The Morgan fingerprint density at radius 2 is 1.92 bits per heavy atom. The number of carbonyl (C=O) groups is 1. The predicted octanol–water partition coefficient (Wildman–Crippen LogP) is 0.465. The highest BCUT2D eigenvalue weighted by atomic mass is 32.2. The van der Waals surface area contributed by atoms with Gasteiger partial charge >= 0.3 is 0 Å². The molecule has 0 radical (unpaired) electrons. The van der Waals surface area contributed by atoms with Gasteiger partial charge in [-0.15, -0.1) is 0 Å².